The van der Waals surface area contributed by atoms with Crippen molar-refractivity contribution in [2.24, 2.45) is 0 Å². The molecular weight excluding hydrogens is 1290 g/mol. The van der Waals surface area contributed by atoms with Crippen LogP contribution in [0.3, 0.4) is 0 Å². The van der Waals surface area contributed by atoms with Crippen molar-refractivity contribution in [1.82, 2.24) is 15.6 Å². The molecule has 1 aliphatic carbocycles. The van der Waals surface area contributed by atoms with Crippen LogP contribution < -0.4 is 20.3 Å². The van der Waals surface area contributed by atoms with E-state index in [4.69, 9.17) is 21.3 Å². The van der Waals surface area contributed by atoms with Crippen LogP contribution in [0.2, 0.25) is 5.02 Å². The average Bonchev–Trinajstić information content (AvgIpc) is 1.61. The van der Waals surface area contributed by atoms with Crippen LogP contribution in [0.25, 0.3) is 22.0 Å². The lowest BCUT2D eigenvalue weighted by Gasteiger charge is -2.27. The van der Waals surface area contributed by atoms with Crippen LogP contribution in [0, 0.1) is 0 Å². The first kappa shape index (κ1) is 69.9. The number of carbonyl (C=O) groups is 2. The quantitative estimate of drug-likeness (QED) is 0.0151. The number of ether oxygens (including phenoxy) is 1. The van der Waals surface area contributed by atoms with Crippen LogP contribution in [-0.4, -0.2) is 111 Å². The number of pyridine rings is 1. The van der Waals surface area contributed by atoms with E-state index in [-0.39, 0.29) is 45.2 Å². The summed E-state index contributed by atoms with van der Waals surface area (Å²) < 4.78 is 145. The number of nitrogens with zero attached hydrogens (tertiary/aromatic N) is 3. The fraction of sp³-hybridized carbons (Fsp3) is 0.353. The Bertz CT molecular complexity index is 4500. The first-order chi connectivity index (χ1) is 43.9. The third kappa shape index (κ3) is 17.1. The maximum Gasteiger partial charge on any atom is 0.294 e. The Labute approximate surface area is 549 Å². The van der Waals surface area contributed by atoms with Gasteiger partial charge in [0.1, 0.15) is 23.7 Å². The standard InChI is InChI=1S/C68H76ClN5O15S4/c1-67(2)55-44-51(92(83,84)85)32-34-59(55)73(40-15-7-8-25-63(75)70-38-13-5-6-14-39-71-66(76)58-43-48-19-9-10-22-53(48)64(72-58)54-23-11-12-24-57(54)69)61(67)36-26-46-20-18-21-47(65(46)89-49-28-30-50(31-29-49)91(80,81)82)27-37-62-68(3,4)56-45-52(93(86,87)88)33-35-60(56)74(62)41-16-17-42-90(77,78)79/h9-12,19,22-24,26-37,43-45H,5-8,13-18,20-21,25,38-42H2,1-4H3,(H5-,70,71,75,76,77,78,79,80,81,82,83,84,85,86,87,88)/p+1. The van der Waals surface area contributed by atoms with Crippen molar-refractivity contribution in [1.29, 1.82) is 0 Å². The van der Waals surface area contributed by atoms with Crippen LogP contribution in [0.4, 0.5) is 11.4 Å². The summed E-state index contributed by atoms with van der Waals surface area (Å²) in [5, 5.41) is 8.35. The number of halogens is 1. The van der Waals surface area contributed by atoms with Crippen LogP contribution >= 0.6 is 11.6 Å². The second-order valence-corrected chi connectivity index (χ2v) is 30.7. The highest BCUT2D eigenvalue weighted by Gasteiger charge is 2.45. The number of unbranched alkanes of at least 4 members (excludes halogenated alkanes) is 6. The van der Waals surface area contributed by atoms with Gasteiger partial charge in [0.15, 0.2) is 5.71 Å². The van der Waals surface area contributed by atoms with Crippen LogP contribution in [0.1, 0.15) is 133 Å². The summed E-state index contributed by atoms with van der Waals surface area (Å²) in [4.78, 5) is 32.1. The predicted octanol–water partition coefficient (Wildman–Crippen LogP) is 12.7. The van der Waals surface area contributed by atoms with E-state index >= 15 is 0 Å². The van der Waals surface area contributed by atoms with E-state index in [1.807, 2.05) is 99.4 Å². The monoisotopic (exact) mass is 1370 g/mol. The summed E-state index contributed by atoms with van der Waals surface area (Å²) >= 11 is 6.54. The van der Waals surface area contributed by atoms with Gasteiger partial charge in [-0.2, -0.15) is 38.2 Å². The fourth-order valence-corrected chi connectivity index (χ4v) is 14.6. The molecule has 6 N–H and O–H groups in total. The molecule has 0 unspecified atom stereocenters. The minimum atomic E-state index is -4.59. The smallest absolute Gasteiger partial charge is 0.294 e. The van der Waals surface area contributed by atoms with Crippen molar-refractivity contribution < 1.29 is 70.8 Å². The Morgan fingerprint density at radius 2 is 1.29 bits per heavy atom. The lowest BCUT2D eigenvalue weighted by Crippen LogP contribution is -2.28. The number of anilines is 1. The van der Waals surface area contributed by atoms with Gasteiger partial charge >= 0.3 is 0 Å². The Kier molecular flexibility index (Phi) is 21.9. The number of carbonyl (C=O) groups excluding carboxylic acids is 2. The number of rotatable bonds is 28. The van der Waals surface area contributed by atoms with Crippen LogP contribution in [0.5, 0.6) is 5.75 Å². The molecule has 20 nitrogen and oxygen atoms in total. The van der Waals surface area contributed by atoms with Crippen molar-refractivity contribution in [2.45, 2.75) is 137 Å². The zero-order valence-corrected chi connectivity index (χ0v) is 56.2. The Morgan fingerprint density at radius 3 is 1.98 bits per heavy atom. The molecule has 0 radical (unpaired) electrons. The molecule has 93 heavy (non-hydrogen) atoms. The molecule has 3 aliphatic rings. The first-order valence-electron chi connectivity index (χ1n) is 30.8. The largest absolute Gasteiger partial charge is 0.457 e. The van der Waals surface area contributed by atoms with E-state index in [1.165, 1.54) is 48.5 Å². The Hall–Kier alpha value is -7.39. The predicted molar refractivity (Wildman–Crippen MR) is 359 cm³/mol. The van der Waals surface area contributed by atoms with E-state index in [9.17, 15) is 61.5 Å². The second-order valence-electron chi connectivity index (χ2n) is 24.5. The van der Waals surface area contributed by atoms with E-state index in [2.05, 4.69) is 15.2 Å². The number of allylic oxidation sites excluding steroid dienone is 7. The summed E-state index contributed by atoms with van der Waals surface area (Å²) in [6.07, 6.45) is 15.3. The molecule has 25 heteroatoms. The number of nitrogens with one attached hydrogen (secondary N) is 2. The number of aromatic nitrogens is 1. The van der Waals surface area contributed by atoms with Gasteiger partial charge in [0, 0.05) is 83.0 Å². The topological polar surface area (TPSA) is 304 Å². The highest BCUT2D eigenvalue weighted by atomic mass is 35.5. The zero-order chi connectivity index (χ0) is 67.1. The van der Waals surface area contributed by atoms with E-state index in [0.29, 0.717) is 116 Å². The van der Waals surface area contributed by atoms with Crippen molar-refractivity contribution in [3.63, 3.8) is 0 Å². The molecule has 9 rings (SSSR count). The number of benzene rings is 5. The summed E-state index contributed by atoms with van der Waals surface area (Å²) in [5.74, 6) is -0.101. The Balaban J connectivity index is 0.886. The number of amides is 2. The number of fused-ring (bicyclic) bond motifs is 3. The van der Waals surface area contributed by atoms with E-state index < -0.39 is 57.1 Å². The van der Waals surface area contributed by atoms with E-state index in [1.54, 1.807) is 24.3 Å². The molecule has 0 spiro atoms. The Morgan fingerprint density at radius 1 is 0.656 bits per heavy atom. The van der Waals surface area contributed by atoms with Crippen LogP contribution in [-0.2, 0) is 56.1 Å². The summed E-state index contributed by atoms with van der Waals surface area (Å²) in [6, 6.07) is 31.0. The van der Waals surface area contributed by atoms with Gasteiger partial charge in [0.25, 0.3) is 46.4 Å². The van der Waals surface area contributed by atoms with Crippen molar-refractivity contribution in [3.8, 4) is 17.0 Å². The molecule has 0 saturated heterocycles. The fourth-order valence-electron chi connectivity index (χ4n) is 12.3. The van der Waals surface area contributed by atoms with Gasteiger partial charge in [0.05, 0.1) is 31.5 Å². The summed E-state index contributed by atoms with van der Waals surface area (Å²) in [5.41, 5.74) is 5.61. The minimum absolute atomic E-state index is 0.0583. The highest BCUT2D eigenvalue weighted by molar-refractivity contribution is 7.86. The van der Waals surface area contributed by atoms with Crippen LogP contribution in [0.15, 0.2) is 177 Å². The number of hydrogen-bond acceptors (Lipinski definition) is 13. The lowest BCUT2D eigenvalue weighted by atomic mass is 9.81. The highest BCUT2D eigenvalue weighted by Crippen LogP contribution is 2.49. The van der Waals surface area contributed by atoms with Gasteiger partial charge in [-0.1, -0.05) is 86.8 Å². The molecule has 0 fully saturated rings. The maximum absolute atomic E-state index is 13.3. The molecule has 2 aliphatic heterocycles. The van der Waals surface area contributed by atoms with Crippen molar-refractivity contribution in [3.05, 3.63) is 184 Å². The molecular formula is C68H77ClN5O15S4+. The molecule has 0 atom stereocenters. The summed E-state index contributed by atoms with van der Waals surface area (Å²) in [6.45, 7) is 9.46. The van der Waals surface area contributed by atoms with Gasteiger partial charge in [-0.15, -0.1) is 0 Å². The van der Waals surface area contributed by atoms with Crippen molar-refractivity contribution >= 4 is 91.7 Å². The summed E-state index contributed by atoms with van der Waals surface area (Å²) in [7, 11) is -17.9. The molecule has 0 bridgehead atoms. The van der Waals surface area contributed by atoms with Gasteiger partial charge < -0.3 is 20.3 Å². The molecule has 0 saturated carbocycles. The number of hydrogen-bond donors (Lipinski definition) is 6. The molecule has 6 aromatic rings. The van der Waals surface area contributed by atoms with Gasteiger partial charge in [-0.25, -0.2) is 4.98 Å². The molecule has 5 aromatic carbocycles. The molecule has 494 valence electrons. The second kappa shape index (κ2) is 29.1. The van der Waals surface area contributed by atoms with Gasteiger partial charge in [0.2, 0.25) is 11.6 Å². The van der Waals surface area contributed by atoms with Gasteiger partial charge in [-0.3, -0.25) is 27.8 Å². The van der Waals surface area contributed by atoms with Crippen molar-refractivity contribution in [2.75, 3.05) is 36.8 Å². The molecule has 1 aromatic heterocycles. The van der Waals surface area contributed by atoms with Gasteiger partial charge in [-0.05, 0) is 173 Å². The molecule has 3 heterocycles. The minimum Gasteiger partial charge on any atom is -0.457 e. The third-order valence-corrected chi connectivity index (χ3v) is 20.9. The normalized spacial score (nSPS) is 16.6. The third-order valence-electron chi connectivity index (χ3n) is 17.2. The van der Waals surface area contributed by atoms with E-state index in [0.717, 1.165) is 64.6 Å². The zero-order valence-electron chi connectivity index (χ0n) is 52.1. The maximum atomic E-state index is 13.3. The lowest BCUT2D eigenvalue weighted by molar-refractivity contribution is -0.438. The average molecular weight is 1370 g/mol. The first-order valence-corrected chi connectivity index (χ1v) is 37.1. The molecule has 2 amide bonds. The SMILES string of the molecule is CC1(C)C(/C=C/C2=C(Oc3ccc(S(=O)(=O)O)cc3)C(=C/C=C3/N(CCCCS(=O)(=O)O)c4ccc(S(=O)(=O)O)cc4C3(C)C)/CCC2)=[N+](CCCCCC(=O)NCCCCCCNC(=O)c2cc3ccccc3c(-c3ccccc3Cl)n2)c2ccc(S(=O)(=O)O)cc21.